The topological polar surface area (TPSA) is 75.6 Å². The van der Waals surface area contributed by atoms with Gasteiger partial charge in [0.05, 0.1) is 11.9 Å². The third-order valence-corrected chi connectivity index (χ3v) is 8.15. The predicted molar refractivity (Wildman–Crippen MR) is 95.6 cm³/mol. The predicted octanol–water partition coefficient (Wildman–Crippen LogP) is 1.86. The lowest BCUT2D eigenvalue weighted by molar-refractivity contribution is -0.141. The van der Waals surface area contributed by atoms with Crippen LogP contribution < -0.4 is 0 Å². The van der Waals surface area contributed by atoms with E-state index in [2.05, 4.69) is 14.9 Å². The Bertz CT molecular complexity index is 899. The lowest BCUT2D eigenvalue weighted by Crippen LogP contribution is -2.74. The van der Waals surface area contributed by atoms with Crippen LogP contribution in [0, 0.1) is 5.41 Å². The van der Waals surface area contributed by atoms with Crippen LogP contribution in [0.1, 0.15) is 43.0 Å². The molecule has 7 nitrogen and oxygen atoms in total. The minimum absolute atomic E-state index is 0.0294. The lowest BCUT2D eigenvalue weighted by atomic mass is 9.73. The first-order chi connectivity index (χ1) is 13.7. The number of alkyl halides is 3. The van der Waals surface area contributed by atoms with Crippen LogP contribution in [-0.2, 0) is 20.9 Å². The highest BCUT2D eigenvalue weighted by atomic mass is 32.2. The van der Waals surface area contributed by atoms with Gasteiger partial charge in [-0.15, -0.1) is 0 Å². The summed E-state index contributed by atoms with van der Waals surface area (Å²) in [6, 6.07) is 0.502. The van der Waals surface area contributed by atoms with E-state index < -0.39 is 21.9 Å². The molecule has 11 heteroatoms. The molecule has 4 aliphatic rings. The molecule has 3 aliphatic heterocycles. The molecular weight excluding hydrogens is 409 g/mol. The minimum atomic E-state index is -4.64. The van der Waals surface area contributed by atoms with E-state index in [9.17, 15) is 21.6 Å². The molecule has 0 amide bonds. The van der Waals surface area contributed by atoms with Gasteiger partial charge in [-0.2, -0.15) is 17.5 Å². The first kappa shape index (κ1) is 19.7. The van der Waals surface area contributed by atoms with Crippen molar-refractivity contribution < 1.29 is 26.3 Å². The van der Waals surface area contributed by atoms with E-state index in [4.69, 9.17) is 4.74 Å². The van der Waals surface area contributed by atoms with E-state index in [1.165, 1.54) is 4.31 Å². The van der Waals surface area contributed by atoms with E-state index in [1.807, 2.05) is 0 Å². The Morgan fingerprint density at radius 3 is 2.31 bits per heavy atom. The van der Waals surface area contributed by atoms with Gasteiger partial charge in [0.2, 0.25) is 0 Å². The van der Waals surface area contributed by atoms with Gasteiger partial charge in [-0.25, -0.2) is 18.4 Å². The second kappa shape index (κ2) is 6.60. The molecule has 3 saturated heterocycles. The standard InChI is InChI=1S/C18H23F3N4O3S/c19-18(20,21)14-7-22-16(15(23-14)12-1-2-12)29(26,27)25-10-17(11-25)8-24(9-17)13-3-5-28-6-4-13/h7,12-13H,1-6,8-11H2. The van der Waals surface area contributed by atoms with Crippen LogP contribution >= 0.6 is 0 Å². The fourth-order valence-electron chi connectivity index (χ4n) is 4.67. The molecular formula is C18H23F3N4O3S. The third-order valence-electron chi connectivity index (χ3n) is 6.41. The molecule has 1 aliphatic carbocycles. The van der Waals surface area contributed by atoms with Gasteiger partial charge in [-0.1, -0.05) is 0 Å². The third kappa shape index (κ3) is 3.45. The van der Waals surface area contributed by atoms with Gasteiger partial charge in [0, 0.05) is 56.8 Å². The van der Waals surface area contributed by atoms with Crippen LogP contribution in [-0.4, -0.2) is 73.0 Å². The van der Waals surface area contributed by atoms with E-state index in [0.29, 0.717) is 38.2 Å². The largest absolute Gasteiger partial charge is 0.434 e. The van der Waals surface area contributed by atoms with Crippen LogP contribution in [0.3, 0.4) is 0 Å². The van der Waals surface area contributed by atoms with Crippen molar-refractivity contribution in [3.63, 3.8) is 0 Å². The second-order valence-corrected chi connectivity index (χ2v) is 10.6. The molecule has 4 fully saturated rings. The molecule has 160 valence electrons. The van der Waals surface area contributed by atoms with Crippen molar-refractivity contribution >= 4 is 10.0 Å². The summed E-state index contributed by atoms with van der Waals surface area (Å²) < 4.78 is 71.8. The molecule has 29 heavy (non-hydrogen) atoms. The van der Waals surface area contributed by atoms with Crippen molar-refractivity contribution in [2.45, 2.75) is 48.8 Å². The van der Waals surface area contributed by atoms with Gasteiger partial charge in [0.25, 0.3) is 10.0 Å². The molecule has 0 N–H and O–H groups in total. The van der Waals surface area contributed by atoms with Crippen molar-refractivity contribution in [1.82, 2.24) is 19.2 Å². The number of hydrogen-bond donors (Lipinski definition) is 0. The molecule has 0 bridgehead atoms. The molecule has 1 spiro atoms. The zero-order valence-electron chi connectivity index (χ0n) is 15.9. The SMILES string of the molecule is O=S(=O)(c1ncc(C(F)(F)F)nc1C1CC1)N1CC2(CN(C3CCOCC3)C2)C1. The molecule has 0 atom stereocenters. The first-order valence-electron chi connectivity index (χ1n) is 9.94. The van der Waals surface area contributed by atoms with Gasteiger partial charge in [-0.05, 0) is 25.7 Å². The van der Waals surface area contributed by atoms with Gasteiger partial charge in [-0.3, -0.25) is 4.90 Å². The van der Waals surface area contributed by atoms with Gasteiger partial charge in [0.1, 0.15) is 0 Å². The van der Waals surface area contributed by atoms with Crippen molar-refractivity contribution in [2.75, 3.05) is 39.4 Å². The van der Waals surface area contributed by atoms with E-state index in [0.717, 1.165) is 39.1 Å². The minimum Gasteiger partial charge on any atom is -0.381 e. The summed E-state index contributed by atoms with van der Waals surface area (Å²) in [5.74, 6) is -0.252. The van der Waals surface area contributed by atoms with Gasteiger partial charge < -0.3 is 4.74 Å². The summed E-state index contributed by atoms with van der Waals surface area (Å²) in [4.78, 5) is 9.76. The summed E-state index contributed by atoms with van der Waals surface area (Å²) >= 11 is 0. The Morgan fingerprint density at radius 2 is 1.72 bits per heavy atom. The molecule has 0 aromatic carbocycles. The molecule has 0 radical (unpaired) electrons. The van der Waals surface area contributed by atoms with Crippen molar-refractivity contribution in [3.05, 3.63) is 17.6 Å². The number of nitrogens with zero attached hydrogens (tertiary/aromatic N) is 4. The summed E-state index contributed by atoms with van der Waals surface area (Å²) in [7, 11) is -3.94. The fraction of sp³-hybridized carbons (Fsp3) is 0.778. The number of likely N-dealkylation sites (tertiary alicyclic amines) is 1. The van der Waals surface area contributed by atoms with Crippen LogP contribution in [0.4, 0.5) is 13.2 Å². The Hall–Kier alpha value is -1.30. The highest BCUT2D eigenvalue weighted by Crippen LogP contribution is 2.46. The number of ether oxygens (including phenoxy) is 1. The maximum atomic E-state index is 13.1. The van der Waals surface area contributed by atoms with Crippen molar-refractivity contribution in [3.8, 4) is 0 Å². The molecule has 1 aromatic rings. The summed E-state index contributed by atoms with van der Waals surface area (Å²) in [5.41, 5.74) is -1.20. The molecule has 1 saturated carbocycles. The second-order valence-electron chi connectivity index (χ2n) is 8.74. The molecule has 4 heterocycles. The van der Waals surface area contributed by atoms with Crippen LogP contribution in [0.15, 0.2) is 11.2 Å². The zero-order chi connectivity index (χ0) is 20.4. The van der Waals surface area contributed by atoms with Crippen LogP contribution in [0.2, 0.25) is 0 Å². The maximum Gasteiger partial charge on any atom is 0.434 e. The number of sulfonamides is 1. The number of halogens is 3. The Labute approximate surface area is 167 Å². The zero-order valence-corrected chi connectivity index (χ0v) is 16.7. The Balaban J connectivity index is 1.29. The number of rotatable bonds is 4. The maximum absolute atomic E-state index is 13.1. The summed E-state index contributed by atoms with van der Waals surface area (Å²) in [6.07, 6.45) is -0.817. The number of aromatic nitrogens is 2. The monoisotopic (exact) mass is 432 g/mol. The van der Waals surface area contributed by atoms with E-state index in [1.54, 1.807) is 0 Å². The van der Waals surface area contributed by atoms with Crippen molar-refractivity contribution in [1.29, 1.82) is 0 Å². The smallest absolute Gasteiger partial charge is 0.381 e. The summed E-state index contributed by atoms with van der Waals surface area (Å²) in [5, 5.41) is -0.302. The van der Waals surface area contributed by atoms with Crippen LogP contribution in [0.25, 0.3) is 0 Å². The normalized spacial score (nSPS) is 26.3. The average Bonchev–Trinajstić information content (AvgIpc) is 3.44. The Morgan fingerprint density at radius 1 is 1.07 bits per heavy atom. The highest BCUT2D eigenvalue weighted by molar-refractivity contribution is 7.89. The lowest BCUT2D eigenvalue weighted by Gasteiger charge is -2.61. The van der Waals surface area contributed by atoms with Gasteiger partial charge >= 0.3 is 6.18 Å². The van der Waals surface area contributed by atoms with E-state index in [-0.39, 0.29) is 22.1 Å². The van der Waals surface area contributed by atoms with Crippen molar-refractivity contribution in [2.24, 2.45) is 5.41 Å². The Kier molecular flexibility index (Phi) is 4.47. The van der Waals surface area contributed by atoms with Gasteiger partial charge in [0.15, 0.2) is 10.7 Å². The first-order valence-corrected chi connectivity index (χ1v) is 11.4. The quantitative estimate of drug-likeness (QED) is 0.723. The fourth-order valence-corrected chi connectivity index (χ4v) is 6.46. The molecule has 1 aromatic heterocycles. The van der Waals surface area contributed by atoms with Crippen LogP contribution in [0.5, 0.6) is 0 Å². The average molecular weight is 432 g/mol. The molecule has 0 unspecified atom stereocenters. The highest BCUT2D eigenvalue weighted by Gasteiger charge is 2.57. The summed E-state index contributed by atoms with van der Waals surface area (Å²) in [6.45, 7) is 4.04. The number of hydrogen-bond acceptors (Lipinski definition) is 6. The molecule has 5 rings (SSSR count). The van der Waals surface area contributed by atoms with E-state index >= 15 is 0 Å².